The summed E-state index contributed by atoms with van der Waals surface area (Å²) in [5.74, 6) is 1.77. The Morgan fingerprint density at radius 1 is 1.24 bits per heavy atom. The van der Waals surface area contributed by atoms with E-state index in [-0.39, 0.29) is 0 Å². The topological polar surface area (TPSA) is 42.7 Å². The first-order valence-corrected chi connectivity index (χ1v) is 8.37. The summed E-state index contributed by atoms with van der Waals surface area (Å²) >= 11 is 0. The summed E-state index contributed by atoms with van der Waals surface area (Å²) in [5.41, 5.74) is 0.345. The zero-order valence-electron chi connectivity index (χ0n) is 15.0. The molecule has 0 radical (unpaired) electrons. The number of hydrogen-bond donors (Lipinski definition) is 1. The van der Waals surface area contributed by atoms with Crippen LogP contribution in [0.25, 0.3) is 0 Å². The Morgan fingerprint density at radius 2 is 1.90 bits per heavy atom. The maximum absolute atomic E-state index is 4.47. The fourth-order valence-electron chi connectivity index (χ4n) is 2.44. The molecular weight excluding hydrogens is 260 g/mol. The highest BCUT2D eigenvalue weighted by molar-refractivity contribution is 4.92. The molecule has 0 aromatic carbocycles. The van der Waals surface area contributed by atoms with Crippen molar-refractivity contribution >= 4 is 0 Å². The van der Waals surface area contributed by atoms with Gasteiger partial charge in [-0.2, -0.15) is 5.10 Å². The quantitative estimate of drug-likeness (QED) is 0.792. The van der Waals surface area contributed by atoms with Gasteiger partial charge in [0, 0.05) is 18.5 Å². The molecule has 0 bridgehead atoms. The number of rotatable bonds is 8. The molecule has 0 saturated heterocycles. The molecule has 1 aromatic heterocycles. The number of aromatic nitrogens is 3. The maximum Gasteiger partial charge on any atom is 0.138 e. The highest BCUT2D eigenvalue weighted by Crippen LogP contribution is 2.29. The summed E-state index contributed by atoms with van der Waals surface area (Å²) in [7, 11) is 0. The normalized spacial score (nSPS) is 15.4. The summed E-state index contributed by atoms with van der Waals surface area (Å²) in [5, 5.41) is 8.05. The van der Waals surface area contributed by atoms with Crippen molar-refractivity contribution in [1.82, 2.24) is 20.1 Å². The van der Waals surface area contributed by atoms with Crippen LogP contribution in [0, 0.1) is 11.3 Å². The summed E-state index contributed by atoms with van der Waals surface area (Å²) < 4.78 is 2.04. The molecule has 0 aliphatic heterocycles. The Hall–Kier alpha value is -0.900. The third-order valence-corrected chi connectivity index (χ3v) is 4.36. The van der Waals surface area contributed by atoms with Crippen molar-refractivity contribution < 1.29 is 0 Å². The average molecular weight is 294 g/mol. The predicted octanol–water partition coefficient (Wildman–Crippen LogP) is 3.84. The Kier molecular flexibility index (Phi) is 6.85. The van der Waals surface area contributed by atoms with Crippen molar-refractivity contribution in [3.05, 3.63) is 12.2 Å². The van der Waals surface area contributed by atoms with Crippen LogP contribution in [0.2, 0.25) is 0 Å². The molecule has 1 N–H and O–H groups in total. The van der Waals surface area contributed by atoms with Gasteiger partial charge in [0.05, 0.1) is 0 Å². The number of hydrogen-bond acceptors (Lipinski definition) is 3. The predicted molar refractivity (Wildman–Crippen MR) is 89.4 cm³/mol. The van der Waals surface area contributed by atoms with E-state index in [0.717, 1.165) is 25.2 Å². The zero-order valence-corrected chi connectivity index (χ0v) is 15.0. The van der Waals surface area contributed by atoms with Crippen LogP contribution in [-0.2, 0) is 6.42 Å². The lowest BCUT2D eigenvalue weighted by atomic mass is 9.78. The monoisotopic (exact) mass is 294 g/mol. The molecule has 122 valence electrons. The minimum absolute atomic E-state index is 0.345. The first kappa shape index (κ1) is 18.1. The Balaban J connectivity index is 2.75. The smallest absolute Gasteiger partial charge is 0.138 e. The van der Waals surface area contributed by atoms with E-state index in [1.807, 2.05) is 4.68 Å². The fraction of sp³-hybridized carbons (Fsp3) is 0.882. The molecule has 0 aliphatic carbocycles. The Morgan fingerprint density at radius 3 is 2.43 bits per heavy atom. The van der Waals surface area contributed by atoms with E-state index >= 15 is 0 Å². The molecule has 2 atom stereocenters. The fourth-order valence-corrected chi connectivity index (χ4v) is 2.44. The van der Waals surface area contributed by atoms with E-state index in [0.29, 0.717) is 23.4 Å². The van der Waals surface area contributed by atoms with Gasteiger partial charge in [0.25, 0.3) is 0 Å². The van der Waals surface area contributed by atoms with Gasteiger partial charge >= 0.3 is 0 Å². The summed E-state index contributed by atoms with van der Waals surface area (Å²) in [6.45, 7) is 16.9. The van der Waals surface area contributed by atoms with Gasteiger partial charge in [-0.05, 0) is 44.6 Å². The lowest BCUT2D eigenvalue weighted by Gasteiger charge is -2.31. The van der Waals surface area contributed by atoms with Crippen LogP contribution < -0.4 is 5.32 Å². The first-order chi connectivity index (χ1) is 9.75. The van der Waals surface area contributed by atoms with Crippen molar-refractivity contribution in [3.63, 3.8) is 0 Å². The Labute approximate surface area is 130 Å². The minimum Gasteiger partial charge on any atom is -0.314 e. The molecule has 4 heteroatoms. The van der Waals surface area contributed by atoms with Crippen LogP contribution in [0.15, 0.2) is 6.33 Å². The number of nitrogens with zero attached hydrogens (tertiary/aromatic N) is 3. The van der Waals surface area contributed by atoms with Crippen LogP contribution in [0.1, 0.15) is 73.2 Å². The zero-order chi connectivity index (χ0) is 16.0. The van der Waals surface area contributed by atoms with Crippen molar-refractivity contribution in [1.29, 1.82) is 0 Å². The minimum atomic E-state index is 0.345. The van der Waals surface area contributed by atoms with E-state index in [2.05, 4.69) is 63.9 Å². The van der Waals surface area contributed by atoms with Crippen LogP contribution in [0.4, 0.5) is 0 Å². The van der Waals surface area contributed by atoms with Crippen LogP contribution >= 0.6 is 0 Å². The molecular formula is C17H34N4. The molecule has 1 heterocycles. The second-order valence-corrected chi connectivity index (χ2v) is 7.57. The molecule has 21 heavy (non-hydrogen) atoms. The first-order valence-electron chi connectivity index (χ1n) is 8.37. The number of nitrogens with one attached hydrogen (secondary N) is 1. The van der Waals surface area contributed by atoms with E-state index < -0.39 is 0 Å². The molecule has 0 saturated carbocycles. The summed E-state index contributed by atoms with van der Waals surface area (Å²) in [6, 6.07) is 0.843. The van der Waals surface area contributed by atoms with Crippen molar-refractivity contribution in [2.45, 2.75) is 79.8 Å². The standard InChI is InChI=1S/C17H34N4/c1-8-9-18-15(10-14(4)17(5,6)7)11-16-19-12-20-21(16)13(2)3/h12-15,18H,8-11H2,1-7H3. The van der Waals surface area contributed by atoms with E-state index in [9.17, 15) is 0 Å². The van der Waals surface area contributed by atoms with Crippen LogP contribution in [-0.4, -0.2) is 27.4 Å². The lowest BCUT2D eigenvalue weighted by molar-refractivity contribution is 0.220. The van der Waals surface area contributed by atoms with E-state index in [1.165, 1.54) is 6.42 Å². The molecule has 2 unspecified atom stereocenters. The average Bonchev–Trinajstić information content (AvgIpc) is 2.82. The molecule has 0 aliphatic rings. The van der Waals surface area contributed by atoms with E-state index in [4.69, 9.17) is 0 Å². The maximum atomic E-state index is 4.47. The van der Waals surface area contributed by atoms with Gasteiger partial charge in [-0.3, -0.25) is 0 Å². The van der Waals surface area contributed by atoms with Crippen molar-refractivity contribution in [3.8, 4) is 0 Å². The van der Waals surface area contributed by atoms with Gasteiger partial charge in [0.1, 0.15) is 12.2 Å². The van der Waals surface area contributed by atoms with Crippen LogP contribution in [0.3, 0.4) is 0 Å². The summed E-state index contributed by atoms with van der Waals surface area (Å²) in [6.07, 6.45) is 4.98. The van der Waals surface area contributed by atoms with Gasteiger partial charge in [-0.25, -0.2) is 9.67 Å². The van der Waals surface area contributed by atoms with Gasteiger partial charge in [0.2, 0.25) is 0 Å². The third kappa shape index (κ3) is 5.77. The molecule has 1 aromatic rings. The largest absolute Gasteiger partial charge is 0.314 e. The SMILES string of the molecule is CCCNC(Cc1ncnn1C(C)C)CC(C)C(C)(C)C. The third-order valence-electron chi connectivity index (χ3n) is 4.36. The van der Waals surface area contributed by atoms with E-state index in [1.54, 1.807) is 6.33 Å². The van der Waals surface area contributed by atoms with Crippen LogP contribution in [0.5, 0.6) is 0 Å². The van der Waals surface area contributed by atoms with Crippen molar-refractivity contribution in [2.24, 2.45) is 11.3 Å². The van der Waals surface area contributed by atoms with Gasteiger partial charge in [0.15, 0.2) is 0 Å². The highest BCUT2D eigenvalue weighted by Gasteiger charge is 2.24. The highest BCUT2D eigenvalue weighted by atomic mass is 15.3. The molecule has 0 amide bonds. The van der Waals surface area contributed by atoms with Crippen molar-refractivity contribution in [2.75, 3.05) is 6.54 Å². The molecule has 0 fully saturated rings. The second kappa shape index (κ2) is 7.92. The molecule has 1 rings (SSSR count). The summed E-state index contributed by atoms with van der Waals surface area (Å²) in [4.78, 5) is 4.47. The lowest BCUT2D eigenvalue weighted by Crippen LogP contribution is -2.36. The molecule has 4 nitrogen and oxygen atoms in total. The Bertz CT molecular complexity index is 403. The molecule has 0 spiro atoms. The van der Waals surface area contributed by atoms with Gasteiger partial charge in [-0.15, -0.1) is 0 Å². The van der Waals surface area contributed by atoms with Gasteiger partial charge in [-0.1, -0.05) is 34.6 Å². The second-order valence-electron chi connectivity index (χ2n) is 7.57. The van der Waals surface area contributed by atoms with Gasteiger partial charge < -0.3 is 5.32 Å².